The Labute approximate surface area is 167 Å². The van der Waals surface area contributed by atoms with Gasteiger partial charge in [0, 0.05) is 22.6 Å². The van der Waals surface area contributed by atoms with Crippen molar-refractivity contribution < 1.29 is 17.9 Å². The van der Waals surface area contributed by atoms with Gasteiger partial charge in [-0.2, -0.15) is 0 Å². The molecule has 3 aromatic rings. The minimum absolute atomic E-state index is 0.151. The molecule has 7 heteroatoms. The van der Waals surface area contributed by atoms with Crippen molar-refractivity contribution in [2.24, 2.45) is 0 Å². The summed E-state index contributed by atoms with van der Waals surface area (Å²) in [6, 6.07) is 15.9. The number of hydrogen-bond donors (Lipinski definition) is 1. The van der Waals surface area contributed by atoms with Crippen LogP contribution in [0.2, 0.25) is 0 Å². The van der Waals surface area contributed by atoms with Gasteiger partial charge >= 0.3 is 0 Å². The molecule has 0 radical (unpaired) electrons. The van der Waals surface area contributed by atoms with Crippen molar-refractivity contribution >= 4 is 32.8 Å². The molecule has 1 N–H and O–H groups in total. The number of amides is 1. The molecule has 0 saturated heterocycles. The van der Waals surface area contributed by atoms with E-state index in [1.54, 1.807) is 35.7 Å². The molecule has 2 aromatic carbocycles. The first-order valence-corrected chi connectivity index (χ1v) is 11.3. The van der Waals surface area contributed by atoms with Crippen molar-refractivity contribution in [3.8, 4) is 5.75 Å². The summed E-state index contributed by atoms with van der Waals surface area (Å²) in [7, 11) is -3.71. The van der Waals surface area contributed by atoms with E-state index in [1.165, 1.54) is 11.3 Å². The zero-order valence-corrected chi connectivity index (χ0v) is 16.8. The number of ether oxygens (including phenoxy) is 1. The van der Waals surface area contributed by atoms with Crippen LogP contribution >= 0.6 is 11.3 Å². The molecule has 1 aliphatic rings. The molecule has 4 rings (SSSR count). The molecule has 0 saturated carbocycles. The number of rotatable bonds is 5. The number of anilines is 1. The third-order valence-electron chi connectivity index (χ3n) is 4.67. The first kappa shape index (κ1) is 18.7. The quantitative estimate of drug-likeness (QED) is 0.671. The topological polar surface area (TPSA) is 72.5 Å². The third-order valence-corrected chi connectivity index (χ3v) is 7.71. The molecule has 1 aliphatic heterocycles. The minimum Gasteiger partial charge on any atom is -0.494 e. The fourth-order valence-corrected chi connectivity index (χ4v) is 6.31. The van der Waals surface area contributed by atoms with E-state index in [4.69, 9.17) is 4.74 Å². The molecule has 0 unspecified atom stereocenters. The molecule has 5 nitrogen and oxygen atoms in total. The van der Waals surface area contributed by atoms with E-state index >= 15 is 0 Å². The number of carbonyl (C=O) groups excluding carboxylic acids is 1. The molecule has 1 amide bonds. The van der Waals surface area contributed by atoms with Crippen LogP contribution in [-0.2, 0) is 14.6 Å². The third kappa shape index (κ3) is 3.31. The fraction of sp³-hybridized carbons (Fsp3) is 0.190. The van der Waals surface area contributed by atoms with Gasteiger partial charge in [0.2, 0.25) is 15.7 Å². The highest BCUT2D eigenvalue weighted by Crippen LogP contribution is 2.46. The second-order valence-electron chi connectivity index (χ2n) is 6.47. The lowest BCUT2D eigenvalue weighted by Crippen LogP contribution is -2.23. The molecule has 144 valence electrons. The lowest BCUT2D eigenvalue weighted by molar-refractivity contribution is -0.116. The first-order chi connectivity index (χ1) is 13.5. The summed E-state index contributed by atoms with van der Waals surface area (Å²) < 4.78 is 31.8. The van der Waals surface area contributed by atoms with Crippen LogP contribution in [0.4, 0.5) is 5.69 Å². The Morgan fingerprint density at radius 2 is 1.93 bits per heavy atom. The molecule has 0 spiro atoms. The summed E-state index contributed by atoms with van der Waals surface area (Å²) in [6.45, 7) is 2.47. The molecule has 2 heterocycles. The number of carbonyl (C=O) groups is 1. The molecule has 1 atom stereocenters. The van der Waals surface area contributed by atoms with E-state index < -0.39 is 9.84 Å². The normalized spacial score (nSPS) is 16.3. The lowest BCUT2D eigenvalue weighted by Gasteiger charge is -2.24. The van der Waals surface area contributed by atoms with E-state index in [2.05, 4.69) is 5.32 Å². The SMILES string of the molecule is CCOc1cccc([C@@H]2CC(=O)Nc3c(S(=O)(=O)c4ccccc4)csc32)c1. The number of thiophene rings is 1. The maximum atomic E-state index is 13.1. The summed E-state index contributed by atoms with van der Waals surface area (Å²) in [5, 5.41) is 4.41. The summed E-state index contributed by atoms with van der Waals surface area (Å²) >= 11 is 1.36. The molecule has 28 heavy (non-hydrogen) atoms. The van der Waals surface area contributed by atoms with Crippen LogP contribution in [-0.4, -0.2) is 20.9 Å². The summed E-state index contributed by atoms with van der Waals surface area (Å²) in [5.74, 6) is 0.345. The van der Waals surface area contributed by atoms with Crippen LogP contribution < -0.4 is 10.1 Å². The van der Waals surface area contributed by atoms with Gasteiger partial charge in [-0.1, -0.05) is 30.3 Å². The smallest absolute Gasteiger partial charge is 0.225 e. The van der Waals surface area contributed by atoms with E-state index in [0.29, 0.717) is 12.3 Å². The second-order valence-corrected chi connectivity index (χ2v) is 9.30. The van der Waals surface area contributed by atoms with Crippen molar-refractivity contribution in [1.82, 2.24) is 0 Å². The summed E-state index contributed by atoms with van der Waals surface area (Å²) in [5.41, 5.74) is 1.34. The largest absolute Gasteiger partial charge is 0.494 e. The van der Waals surface area contributed by atoms with Gasteiger partial charge in [0.15, 0.2) is 0 Å². The van der Waals surface area contributed by atoms with Crippen molar-refractivity contribution in [2.45, 2.75) is 29.1 Å². The number of benzene rings is 2. The average molecular weight is 414 g/mol. The first-order valence-electron chi connectivity index (χ1n) is 8.95. The van der Waals surface area contributed by atoms with Crippen LogP contribution in [0.25, 0.3) is 0 Å². The zero-order valence-electron chi connectivity index (χ0n) is 15.2. The maximum Gasteiger partial charge on any atom is 0.225 e. The van der Waals surface area contributed by atoms with E-state index in [-0.39, 0.29) is 28.0 Å². The van der Waals surface area contributed by atoms with E-state index in [0.717, 1.165) is 16.2 Å². The molecule has 0 aliphatic carbocycles. The molecule has 0 fully saturated rings. The van der Waals surface area contributed by atoms with Crippen LogP contribution in [0.5, 0.6) is 5.75 Å². The number of nitrogens with one attached hydrogen (secondary N) is 1. The number of fused-ring (bicyclic) bond motifs is 1. The van der Waals surface area contributed by atoms with E-state index in [9.17, 15) is 13.2 Å². The van der Waals surface area contributed by atoms with Crippen molar-refractivity contribution in [1.29, 1.82) is 0 Å². The Kier molecular flexibility index (Phi) is 4.95. The summed E-state index contributed by atoms with van der Waals surface area (Å²) in [4.78, 5) is 13.6. The number of sulfone groups is 1. The minimum atomic E-state index is -3.71. The highest BCUT2D eigenvalue weighted by atomic mass is 32.2. The predicted octanol–water partition coefficient (Wildman–Crippen LogP) is 4.45. The standard InChI is InChI=1S/C21H19NO4S2/c1-2-26-15-8-6-7-14(11-15)17-12-19(23)22-20-18(13-27-21(17)20)28(24,25)16-9-4-3-5-10-16/h3-11,13,17H,2,12H2,1H3,(H,22,23)/t17-/m0/s1. The Balaban J connectivity index is 1.80. The fourth-order valence-electron chi connectivity index (χ4n) is 3.39. The molecule has 0 bridgehead atoms. The second kappa shape index (κ2) is 7.41. The van der Waals surface area contributed by atoms with Crippen LogP contribution in [0.3, 0.4) is 0 Å². The van der Waals surface area contributed by atoms with Crippen molar-refractivity contribution in [2.75, 3.05) is 11.9 Å². The van der Waals surface area contributed by atoms with Crippen LogP contribution in [0.1, 0.15) is 29.7 Å². The molecular formula is C21H19NO4S2. The Morgan fingerprint density at radius 3 is 2.68 bits per heavy atom. The van der Waals surface area contributed by atoms with Gasteiger partial charge in [0.1, 0.15) is 10.6 Å². The van der Waals surface area contributed by atoms with Gasteiger partial charge in [-0.05, 0) is 36.8 Å². The van der Waals surface area contributed by atoms with Gasteiger partial charge in [-0.15, -0.1) is 11.3 Å². The zero-order chi connectivity index (χ0) is 19.7. The summed E-state index contributed by atoms with van der Waals surface area (Å²) in [6.07, 6.45) is 0.272. The highest BCUT2D eigenvalue weighted by molar-refractivity contribution is 7.91. The van der Waals surface area contributed by atoms with E-state index in [1.807, 2.05) is 31.2 Å². The number of hydrogen-bond acceptors (Lipinski definition) is 5. The Hall–Kier alpha value is -2.64. The monoisotopic (exact) mass is 413 g/mol. The van der Waals surface area contributed by atoms with Crippen molar-refractivity contribution in [3.05, 3.63) is 70.4 Å². The molecular weight excluding hydrogens is 394 g/mol. The lowest BCUT2D eigenvalue weighted by atomic mass is 9.90. The maximum absolute atomic E-state index is 13.1. The highest BCUT2D eigenvalue weighted by Gasteiger charge is 2.34. The van der Waals surface area contributed by atoms with Crippen molar-refractivity contribution in [3.63, 3.8) is 0 Å². The van der Waals surface area contributed by atoms with Crippen LogP contribution in [0, 0.1) is 0 Å². The van der Waals surface area contributed by atoms with Gasteiger partial charge in [0.05, 0.1) is 17.2 Å². The van der Waals surface area contributed by atoms with Gasteiger partial charge < -0.3 is 10.1 Å². The van der Waals surface area contributed by atoms with Gasteiger partial charge in [0.25, 0.3) is 0 Å². The van der Waals surface area contributed by atoms with Gasteiger partial charge in [-0.25, -0.2) is 8.42 Å². The van der Waals surface area contributed by atoms with Gasteiger partial charge in [-0.3, -0.25) is 4.79 Å². The van der Waals surface area contributed by atoms with Crippen LogP contribution in [0.15, 0.2) is 69.8 Å². The predicted molar refractivity (Wildman–Crippen MR) is 109 cm³/mol. The Bertz CT molecular complexity index is 1120. The molecule has 1 aromatic heterocycles. The Morgan fingerprint density at radius 1 is 1.14 bits per heavy atom. The average Bonchev–Trinajstić information content (AvgIpc) is 3.13.